The lowest BCUT2D eigenvalue weighted by Crippen LogP contribution is -2.46. The highest BCUT2D eigenvalue weighted by Crippen LogP contribution is 2.13. The molecule has 108 valence electrons. The summed E-state index contributed by atoms with van der Waals surface area (Å²) in [5.41, 5.74) is 0. The molecule has 0 aromatic carbocycles. The lowest BCUT2D eigenvalue weighted by molar-refractivity contribution is -0.143. The standard InChI is InChI=1S/C8H15F3N2O4S/c1-3-13(5-7(14)17-4-2)18(15,16)12-6-8(9,10)11/h12H,3-6H2,1-2H3. The maximum atomic E-state index is 11.9. The van der Waals surface area contributed by atoms with Crippen LogP contribution in [0.2, 0.25) is 0 Å². The predicted octanol–water partition coefficient (Wildman–Crippen LogP) is 0.268. The van der Waals surface area contributed by atoms with Crippen LogP contribution in [0.1, 0.15) is 13.8 Å². The van der Waals surface area contributed by atoms with E-state index in [9.17, 15) is 26.4 Å². The number of nitrogens with zero attached hydrogens (tertiary/aromatic N) is 1. The van der Waals surface area contributed by atoms with Gasteiger partial charge in [0.05, 0.1) is 6.61 Å². The Hall–Kier alpha value is -0.870. The van der Waals surface area contributed by atoms with Crippen molar-refractivity contribution in [2.45, 2.75) is 20.0 Å². The molecule has 0 unspecified atom stereocenters. The first-order chi connectivity index (χ1) is 8.12. The molecule has 0 radical (unpaired) electrons. The Balaban J connectivity index is 4.58. The van der Waals surface area contributed by atoms with Crippen molar-refractivity contribution in [3.8, 4) is 0 Å². The van der Waals surface area contributed by atoms with Crippen LogP contribution in [0.3, 0.4) is 0 Å². The summed E-state index contributed by atoms with van der Waals surface area (Å²) in [6, 6.07) is 0. The zero-order valence-electron chi connectivity index (χ0n) is 9.95. The second kappa shape index (κ2) is 6.90. The van der Waals surface area contributed by atoms with E-state index in [1.807, 2.05) is 0 Å². The molecular formula is C8H15F3N2O4S. The van der Waals surface area contributed by atoms with Crippen LogP contribution in [-0.2, 0) is 19.7 Å². The van der Waals surface area contributed by atoms with E-state index in [2.05, 4.69) is 4.74 Å². The minimum Gasteiger partial charge on any atom is -0.465 e. The van der Waals surface area contributed by atoms with Crippen molar-refractivity contribution in [1.29, 1.82) is 0 Å². The fraction of sp³-hybridized carbons (Fsp3) is 0.875. The average Bonchev–Trinajstić information content (AvgIpc) is 2.22. The third-order valence-electron chi connectivity index (χ3n) is 1.76. The highest BCUT2D eigenvalue weighted by Gasteiger charge is 2.32. The third kappa shape index (κ3) is 6.77. The normalized spacial score (nSPS) is 12.8. The van der Waals surface area contributed by atoms with Crippen molar-refractivity contribution >= 4 is 16.2 Å². The van der Waals surface area contributed by atoms with Gasteiger partial charge in [-0.3, -0.25) is 4.79 Å². The van der Waals surface area contributed by atoms with Crippen LogP contribution in [0.25, 0.3) is 0 Å². The number of ether oxygens (including phenoxy) is 1. The van der Waals surface area contributed by atoms with Crippen LogP contribution in [0.4, 0.5) is 13.2 Å². The maximum Gasteiger partial charge on any atom is 0.402 e. The molecule has 0 aliphatic carbocycles. The fourth-order valence-electron chi connectivity index (χ4n) is 0.982. The second-order valence-corrected chi connectivity index (χ2v) is 4.93. The fourth-order valence-corrected chi connectivity index (χ4v) is 2.13. The molecule has 10 heteroatoms. The third-order valence-corrected chi connectivity index (χ3v) is 3.33. The van der Waals surface area contributed by atoms with Gasteiger partial charge in [0.25, 0.3) is 10.2 Å². The summed E-state index contributed by atoms with van der Waals surface area (Å²) in [5, 5.41) is 0. The van der Waals surface area contributed by atoms with E-state index >= 15 is 0 Å². The van der Waals surface area contributed by atoms with E-state index in [0.717, 1.165) is 0 Å². The summed E-state index contributed by atoms with van der Waals surface area (Å²) in [6.07, 6.45) is -4.66. The van der Waals surface area contributed by atoms with Crippen LogP contribution < -0.4 is 4.72 Å². The van der Waals surface area contributed by atoms with Gasteiger partial charge in [-0.1, -0.05) is 6.92 Å². The molecule has 0 atom stereocenters. The SMILES string of the molecule is CCOC(=O)CN(CC)S(=O)(=O)NCC(F)(F)F. The number of carbonyl (C=O) groups is 1. The molecular weight excluding hydrogens is 277 g/mol. The minimum atomic E-state index is -4.66. The van der Waals surface area contributed by atoms with Crippen LogP contribution in [0.5, 0.6) is 0 Å². The van der Waals surface area contributed by atoms with Gasteiger partial charge in [0.2, 0.25) is 0 Å². The topological polar surface area (TPSA) is 75.7 Å². The molecule has 0 fully saturated rings. The summed E-state index contributed by atoms with van der Waals surface area (Å²) in [4.78, 5) is 11.1. The number of nitrogens with one attached hydrogen (secondary N) is 1. The van der Waals surface area contributed by atoms with Crippen LogP contribution in [-0.4, -0.2) is 51.1 Å². The van der Waals surface area contributed by atoms with Crippen molar-refractivity contribution in [2.24, 2.45) is 0 Å². The highest BCUT2D eigenvalue weighted by atomic mass is 32.2. The summed E-state index contributed by atoms with van der Waals surface area (Å²) >= 11 is 0. The number of hydrogen-bond donors (Lipinski definition) is 1. The van der Waals surface area contributed by atoms with E-state index < -0.39 is 35.4 Å². The maximum absolute atomic E-state index is 11.9. The molecule has 0 rings (SSSR count). The van der Waals surface area contributed by atoms with Crippen molar-refractivity contribution in [3.63, 3.8) is 0 Å². The van der Waals surface area contributed by atoms with Gasteiger partial charge in [-0.2, -0.15) is 30.6 Å². The number of hydrogen-bond acceptors (Lipinski definition) is 4. The summed E-state index contributed by atoms with van der Waals surface area (Å²) in [5.74, 6) is -0.822. The first-order valence-electron chi connectivity index (χ1n) is 5.09. The smallest absolute Gasteiger partial charge is 0.402 e. The van der Waals surface area contributed by atoms with Gasteiger partial charge in [0.1, 0.15) is 13.1 Å². The van der Waals surface area contributed by atoms with E-state index in [0.29, 0.717) is 4.31 Å². The molecule has 0 aliphatic rings. The van der Waals surface area contributed by atoms with Crippen LogP contribution >= 0.6 is 0 Å². The van der Waals surface area contributed by atoms with E-state index in [1.54, 1.807) is 0 Å². The lowest BCUT2D eigenvalue weighted by Gasteiger charge is -2.20. The van der Waals surface area contributed by atoms with Gasteiger partial charge >= 0.3 is 12.1 Å². The predicted molar refractivity (Wildman–Crippen MR) is 56.9 cm³/mol. The Labute approximate surface area is 103 Å². The van der Waals surface area contributed by atoms with Gasteiger partial charge < -0.3 is 4.74 Å². The van der Waals surface area contributed by atoms with E-state index in [1.165, 1.54) is 18.6 Å². The number of halogens is 3. The monoisotopic (exact) mass is 292 g/mol. The molecule has 0 bridgehead atoms. The molecule has 0 spiro atoms. The van der Waals surface area contributed by atoms with Gasteiger partial charge in [0, 0.05) is 6.54 Å². The van der Waals surface area contributed by atoms with Gasteiger partial charge in [-0.05, 0) is 6.92 Å². The number of likely N-dealkylation sites (N-methyl/N-ethyl adjacent to an activating group) is 1. The first kappa shape index (κ1) is 17.1. The van der Waals surface area contributed by atoms with Gasteiger partial charge in [-0.25, -0.2) is 0 Å². The van der Waals surface area contributed by atoms with Crippen molar-refractivity contribution in [2.75, 3.05) is 26.2 Å². The first-order valence-corrected chi connectivity index (χ1v) is 6.53. The molecule has 0 saturated carbocycles. The van der Waals surface area contributed by atoms with Crippen molar-refractivity contribution in [1.82, 2.24) is 9.03 Å². The molecule has 0 heterocycles. The summed E-state index contributed by atoms with van der Waals surface area (Å²) in [7, 11) is -4.36. The molecule has 1 N–H and O–H groups in total. The van der Waals surface area contributed by atoms with Gasteiger partial charge in [0.15, 0.2) is 0 Å². The Morgan fingerprint density at radius 3 is 2.28 bits per heavy atom. The Kier molecular flexibility index (Phi) is 6.57. The van der Waals surface area contributed by atoms with Gasteiger partial charge in [-0.15, -0.1) is 0 Å². The quantitative estimate of drug-likeness (QED) is 0.683. The number of carbonyl (C=O) groups excluding carboxylic acids is 1. The Bertz CT molecular complexity index is 369. The average molecular weight is 292 g/mol. The summed E-state index contributed by atoms with van der Waals surface area (Å²) < 4.78 is 65.1. The van der Waals surface area contributed by atoms with Crippen LogP contribution in [0, 0.1) is 0 Å². The Morgan fingerprint density at radius 2 is 1.89 bits per heavy atom. The lowest BCUT2D eigenvalue weighted by atomic mass is 10.6. The zero-order valence-corrected chi connectivity index (χ0v) is 10.8. The second-order valence-electron chi connectivity index (χ2n) is 3.17. The van der Waals surface area contributed by atoms with Crippen molar-refractivity contribution < 1.29 is 31.1 Å². The molecule has 0 aromatic rings. The highest BCUT2D eigenvalue weighted by molar-refractivity contribution is 7.87. The minimum absolute atomic E-state index is 0.0619. The number of rotatable bonds is 7. The number of alkyl halides is 3. The molecule has 0 amide bonds. The molecule has 0 saturated heterocycles. The Morgan fingerprint density at radius 1 is 1.33 bits per heavy atom. The van der Waals surface area contributed by atoms with Crippen molar-refractivity contribution in [3.05, 3.63) is 0 Å². The molecule has 0 aromatic heterocycles. The summed E-state index contributed by atoms with van der Waals surface area (Å²) in [6.45, 7) is 0.529. The molecule has 18 heavy (non-hydrogen) atoms. The zero-order chi connectivity index (χ0) is 14.4. The van der Waals surface area contributed by atoms with E-state index in [4.69, 9.17) is 0 Å². The molecule has 6 nitrogen and oxygen atoms in total. The molecule has 0 aliphatic heterocycles. The largest absolute Gasteiger partial charge is 0.465 e. The van der Waals surface area contributed by atoms with Crippen LogP contribution in [0.15, 0.2) is 0 Å². The number of esters is 1. The van der Waals surface area contributed by atoms with E-state index in [-0.39, 0.29) is 13.2 Å².